The van der Waals surface area contributed by atoms with Gasteiger partial charge in [-0.2, -0.15) is 0 Å². The summed E-state index contributed by atoms with van der Waals surface area (Å²) in [5.41, 5.74) is 2.38. The number of hydrogen-bond donors (Lipinski definition) is 2. The van der Waals surface area contributed by atoms with Gasteiger partial charge in [0.05, 0.1) is 0 Å². The van der Waals surface area contributed by atoms with Gasteiger partial charge in [0.25, 0.3) is 0 Å². The van der Waals surface area contributed by atoms with E-state index in [-0.39, 0.29) is 11.9 Å². The highest BCUT2D eigenvalue weighted by molar-refractivity contribution is 5.83. The lowest BCUT2D eigenvalue weighted by atomic mass is 10.1. The number of fused-ring (bicyclic) bond motifs is 1. The number of nitrogens with zero attached hydrogens (tertiary/aromatic N) is 1. The molecule has 0 fully saturated rings. The number of hydrogen-bond acceptors (Lipinski definition) is 2. The van der Waals surface area contributed by atoms with E-state index in [0.717, 1.165) is 25.0 Å². The zero-order valence-corrected chi connectivity index (χ0v) is 13.1. The van der Waals surface area contributed by atoms with Crippen molar-refractivity contribution in [2.45, 2.75) is 46.3 Å². The van der Waals surface area contributed by atoms with Crippen LogP contribution in [0.25, 0.3) is 10.9 Å². The quantitative estimate of drug-likeness (QED) is 0.769. The van der Waals surface area contributed by atoms with E-state index in [4.69, 9.17) is 0 Å². The van der Waals surface area contributed by atoms with Crippen molar-refractivity contribution < 1.29 is 4.79 Å². The minimum Gasteiger partial charge on any atom is -0.352 e. The van der Waals surface area contributed by atoms with Gasteiger partial charge in [-0.05, 0) is 56.0 Å². The second-order valence-electron chi connectivity index (χ2n) is 5.74. The summed E-state index contributed by atoms with van der Waals surface area (Å²) in [6.45, 7) is 8.41. The van der Waals surface area contributed by atoms with Crippen LogP contribution >= 0.6 is 0 Å². The molecule has 0 aliphatic heterocycles. The van der Waals surface area contributed by atoms with Gasteiger partial charge in [0, 0.05) is 24.3 Å². The number of aromatic nitrogens is 1. The zero-order valence-electron chi connectivity index (χ0n) is 13.1. The molecule has 0 radical (unpaired) electrons. The number of rotatable bonds is 7. The molecule has 1 amide bonds. The van der Waals surface area contributed by atoms with E-state index < -0.39 is 0 Å². The van der Waals surface area contributed by atoms with Gasteiger partial charge in [0.2, 0.25) is 5.91 Å². The third kappa shape index (κ3) is 4.33. The van der Waals surface area contributed by atoms with E-state index in [0.29, 0.717) is 6.54 Å². The predicted molar refractivity (Wildman–Crippen MR) is 87.2 cm³/mol. The molecule has 0 saturated heterocycles. The van der Waals surface area contributed by atoms with Crippen LogP contribution in [0.2, 0.25) is 0 Å². The summed E-state index contributed by atoms with van der Waals surface area (Å²) in [6.07, 6.45) is 3.12. The van der Waals surface area contributed by atoms with Crippen molar-refractivity contribution in [1.29, 1.82) is 0 Å². The molecular formula is C17H25N3O. The summed E-state index contributed by atoms with van der Waals surface area (Å²) >= 11 is 0. The molecule has 0 spiro atoms. The molecule has 4 nitrogen and oxygen atoms in total. The van der Waals surface area contributed by atoms with Crippen molar-refractivity contribution in [3.8, 4) is 0 Å². The van der Waals surface area contributed by atoms with Gasteiger partial charge in [-0.1, -0.05) is 13.0 Å². The van der Waals surface area contributed by atoms with E-state index in [1.807, 2.05) is 24.6 Å². The van der Waals surface area contributed by atoms with E-state index in [9.17, 15) is 4.79 Å². The molecule has 4 heteroatoms. The van der Waals surface area contributed by atoms with Crippen LogP contribution in [-0.4, -0.2) is 23.1 Å². The summed E-state index contributed by atoms with van der Waals surface area (Å²) in [5.74, 6) is 0.0520. The lowest BCUT2D eigenvalue weighted by molar-refractivity contribution is -0.122. The summed E-state index contributed by atoms with van der Waals surface area (Å²) in [6, 6.07) is 8.66. The summed E-state index contributed by atoms with van der Waals surface area (Å²) in [4.78, 5) is 11.9. The van der Waals surface area contributed by atoms with Crippen LogP contribution in [0.1, 0.15) is 32.8 Å². The Morgan fingerprint density at radius 1 is 1.29 bits per heavy atom. The molecule has 21 heavy (non-hydrogen) atoms. The third-order valence-corrected chi connectivity index (χ3v) is 3.35. The molecule has 0 aliphatic rings. The van der Waals surface area contributed by atoms with Crippen LogP contribution in [0.5, 0.6) is 0 Å². The molecule has 1 aromatic carbocycles. The smallest absolute Gasteiger partial charge is 0.240 e. The Morgan fingerprint density at radius 3 is 2.81 bits per heavy atom. The van der Waals surface area contributed by atoms with Crippen LogP contribution < -0.4 is 10.6 Å². The van der Waals surface area contributed by atoms with Crippen LogP contribution in [0, 0.1) is 0 Å². The first-order valence-corrected chi connectivity index (χ1v) is 7.68. The molecule has 0 bridgehead atoms. The number of amides is 1. The van der Waals surface area contributed by atoms with Gasteiger partial charge in [0.15, 0.2) is 0 Å². The van der Waals surface area contributed by atoms with E-state index in [1.165, 1.54) is 10.9 Å². The monoisotopic (exact) mass is 287 g/mol. The van der Waals surface area contributed by atoms with Gasteiger partial charge < -0.3 is 15.2 Å². The van der Waals surface area contributed by atoms with Crippen LogP contribution in [-0.2, 0) is 17.9 Å². The zero-order chi connectivity index (χ0) is 15.2. The second-order valence-corrected chi connectivity index (χ2v) is 5.74. The van der Waals surface area contributed by atoms with Crippen molar-refractivity contribution in [3.63, 3.8) is 0 Å². The highest BCUT2D eigenvalue weighted by Crippen LogP contribution is 2.17. The molecule has 0 aliphatic carbocycles. The first-order chi connectivity index (χ1) is 10.1. The summed E-state index contributed by atoms with van der Waals surface area (Å²) in [7, 11) is 0. The first-order valence-electron chi connectivity index (χ1n) is 7.68. The Morgan fingerprint density at radius 2 is 2.10 bits per heavy atom. The van der Waals surface area contributed by atoms with Crippen molar-refractivity contribution in [2.24, 2.45) is 0 Å². The topological polar surface area (TPSA) is 46.1 Å². The van der Waals surface area contributed by atoms with Gasteiger partial charge >= 0.3 is 0 Å². The van der Waals surface area contributed by atoms with Crippen molar-refractivity contribution >= 4 is 16.8 Å². The Hall–Kier alpha value is -1.81. The van der Waals surface area contributed by atoms with Gasteiger partial charge in [-0.25, -0.2) is 0 Å². The third-order valence-electron chi connectivity index (χ3n) is 3.35. The summed E-state index contributed by atoms with van der Waals surface area (Å²) < 4.78 is 2.00. The molecule has 1 heterocycles. The molecular weight excluding hydrogens is 262 g/mol. The maximum atomic E-state index is 11.9. The van der Waals surface area contributed by atoms with Crippen molar-refractivity contribution in [2.75, 3.05) is 6.54 Å². The standard InChI is InChI=1S/C17H25N3O/c1-4-8-18-11-14-5-6-16-15(10-14)7-9-20(16)12-17(21)19-13(2)3/h5-7,9-10,13,18H,4,8,11-12H2,1-3H3,(H,19,21). The van der Waals surface area contributed by atoms with E-state index in [1.54, 1.807) is 0 Å². The molecule has 0 saturated carbocycles. The molecule has 0 atom stereocenters. The van der Waals surface area contributed by atoms with E-state index >= 15 is 0 Å². The van der Waals surface area contributed by atoms with Crippen molar-refractivity contribution in [3.05, 3.63) is 36.0 Å². The Bertz CT molecular complexity index is 601. The van der Waals surface area contributed by atoms with Crippen molar-refractivity contribution in [1.82, 2.24) is 15.2 Å². The van der Waals surface area contributed by atoms with Gasteiger partial charge in [-0.3, -0.25) is 4.79 Å². The molecule has 2 rings (SSSR count). The maximum Gasteiger partial charge on any atom is 0.240 e. The normalized spacial score (nSPS) is 11.2. The average Bonchev–Trinajstić information content (AvgIpc) is 2.81. The Kier molecular flexibility index (Phi) is 5.39. The molecule has 1 aromatic heterocycles. The van der Waals surface area contributed by atoms with Crippen LogP contribution in [0.3, 0.4) is 0 Å². The second kappa shape index (κ2) is 7.27. The fourth-order valence-electron chi connectivity index (χ4n) is 2.43. The lowest BCUT2D eigenvalue weighted by Crippen LogP contribution is -2.32. The number of nitrogens with one attached hydrogen (secondary N) is 2. The molecule has 2 N–H and O–H groups in total. The van der Waals surface area contributed by atoms with E-state index in [2.05, 4.69) is 41.8 Å². The Balaban J connectivity index is 2.08. The lowest BCUT2D eigenvalue weighted by Gasteiger charge is -2.10. The number of benzene rings is 1. The van der Waals surface area contributed by atoms with Crippen LogP contribution in [0.4, 0.5) is 0 Å². The minimum absolute atomic E-state index is 0.0520. The molecule has 0 unspecified atom stereocenters. The van der Waals surface area contributed by atoms with Crippen LogP contribution in [0.15, 0.2) is 30.5 Å². The summed E-state index contributed by atoms with van der Waals surface area (Å²) in [5, 5.41) is 7.51. The fourth-order valence-corrected chi connectivity index (χ4v) is 2.43. The Labute approximate surface area is 126 Å². The number of carbonyl (C=O) groups is 1. The first kappa shape index (κ1) is 15.6. The number of carbonyl (C=O) groups excluding carboxylic acids is 1. The predicted octanol–water partition coefficient (Wildman–Crippen LogP) is 2.67. The highest BCUT2D eigenvalue weighted by Gasteiger charge is 2.07. The SMILES string of the molecule is CCCNCc1ccc2c(ccn2CC(=O)NC(C)C)c1. The van der Waals surface area contributed by atoms with Gasteiger partial charge in [0.1, 0.15) is 6.54 Å². The molecule has 114 valence electrons. The minimum atomic E-state index is 0.0520. The average molecular weight is 287 g/mol. The maximum absolute atomic E-state index is 11.9. The molecule has 2 aromatic rings. The highest BCUT2D eigenvalue weighted by atomic mass is 16.2. The van der Waals surface area contributed by atoms with Gasteiger partial charge in [-0.15, -0.1) is 0 Å². The largest absolute Gasteiger partial charge is 0.352 e. The fraction of sp³-hybridized carbons (Fsp3) is 0.471.